The average Bonchev–Trinajstić information content (AvgIpc) is 2.52. The number of aliphatic hydroxyl groups is 1. The molecule has 0 radical (unpaired) electrons. The molecule has 1 rings (SSSR count). The molecule has 0 aliphatic carbocycles. The van der Waals surface area contributed by atoms with Gasteiger partial charge in [0.2, 0.25) is 0 Å². The van der Waals surface area contributed by atoms with E-state index >= 15 is 0 Å². The van der Waals surface area contributed by atoms with Crippen molar-refractivity contribution in [3.8, 4) is 6.07 Å². The van der Waals surface area contributed by atoms with Crippen LogP contribution in [0.15, 0.2) is 12.4 Å². The van der Waals surface area contributed by atoms with E-state index in [9.17, 15) is 4.79 Å². The van der Waals surface area contributed by atoms with Gasteiger partial charge in [0.05, 0.1) is 18.3 Å². The SMILES string of the molecule is N#Cc1cnn(CC(O)C(=O)O)c1. The lowest BCUT2D eigenvalue weighted by Gasteiger charge is -2.03. The lowest BCUT2D eigenvalue weighted by Crippen LogP contribution is -2.25. The fourth-order valence-corrected chi connectivity index (χ4v) is 0.776. The predicted octanol–water partition coefficient (Wildman–Crippen LogP) is -0.800. The number of nitriles is 1. The van der Waals surface area contributed by atoms with Gasteiger partial charge >= 0.3 is 5.97 Å². The zero-order valence-electron chi connectivity index (χ0n) is 6.58. The van der Waals surface area contributed by atoms with E-state index in [4.69, 9.17) is 15.5 Å². The molecule has 0 spiro atoms. The first-order valence-corrected chi connectivity index (χ1v) is 3.47. The molecule has 2 N–H and O–H groups in total. The third-order valence-corrected chi connectivity index (χ3v) is 1.41. The summed E-state index contributed by atoms with van der Waals surface area (Å²) in [4.78, 5) is 10.2. The zero-order valence-corrected chi connectivity index (χ0v) is 6.58. The van der Waals surface area contributed by atoms with Crippen LogP contribution in [0.2, 0.25) is 0 Å². The van der Waals surface area contributed by atoms with Gasteiger partial charge in [-0.2, -0.15) is 10.4 Å². The molecule has 0 aliphatic rings. The number of carboxylic acids is 1. The molecule has 1 heterocycles. The Balaban J connectivity index is 2.65. The summed E-state index contributed by atoms with van der Waals surface area (Å²) in [6, 6.07) is 1.84. The van der Waals surface area contributed by atoms with Crippen molar-refractivity contribution >= 4 is 5.97 Å². The van der Waals surface area contributed by atoms with Crippen molar-refractivity contribution in [1.82, 2.24) is 9.78 Å². The van der Waals surface area contributed by atoms with E-state index in [1.807, 2.05) is 6.07 Å². The summed E-state index contributed by atoms with van der Waals surface area (Å²) in [7, 11) is 0. The average molecular weight is 181 g/mol. The van der Waals surface area contributed by atoms with Crippen molar-refractivity contribution in [3.63, 3.8) is 0 Å². The van der Waals surface area contributed by atoms with Crippen LogP contribution in [0.5, 0.6) is 0 Å². The number of carbonyl (C=O) groups is 1. The van der Waals surface area contributed by atoms with Crippen LogP contribution in [0.3, 0.4) is 0 Å². The largest absolute Gasteiger partial charge is 0.479 e. The fraction of sp³-hybridized carbons (Fsp3) is 0.286. The van der Waals surface area contributed by atoms with Crippen LogP contribution in [-0.4, -0.2) is 32.1 Å². The van der Waals surface area contributed by atoms with Crippen LogP contribution in [0.25, 0.3) is 0 Å². The first kappa shape index (κ1) is 9.22. The lowest BCUT2D eigenvalue weighted by atomic mass is 10.3. The van der Waals surface area contributed by atoms with Crippen molar-refractivity contribution in [3.05, 3.63) is 18.0 Å². The summed E-state index contributed by atoms with van der Waals surface area (Å²) in [5.41, 5.74) is 0.331. The minimum absolute atomic E-state index is 0.156. The van der Waals surface area contributed by atoms with Crippen molar-refractivity contribution in [2.24, 2.45) is 0 Å². The monoisotopic (exact) mass is 181 g/mol. The van der Waals surface area contributed by atoms with Gasteiger partial charge in [0, 0.05) is 6.20 Å². The van der Waals surface area contributed by atoms with E-state index in [-0.39, 0.29) is 6.54 Å². The minimum atomic E-state index is -1.49. The molecule has 13 heavy (non-hydrogen) atoms. The van der Waals surface area contributed by atoms with Crippen LogP contribution in [0.4, 0.5) is 0 Å². The topological polar surface area (TPSA) is 99.1 Å². The lowest BCUT2D eigenvalue weighted by molar-refractivity contribution is -0.147. The summed E-state index contributed by atoms with van der Waals surface area (Å²) in [5, 5.41) is 29.4. The minimum Gasteiger partial charge on any atom is -0.479 e. The van der Waals surface area contributed by atoms with Crippen LogP contribution in [0.1, 0.15) is 5.56 Å². The predicted molar refractivity (Wildman–Crippen MR) is 40.6 cm³/mol. The van der Waals surface area contributed by atoms with Crippen LogP contribution in [-0.2, 0) is 11.3 Å². The van der Waals surface area contributed by atoms with E-state index < -0.39 is 12.1 Å². The highest BCUT2D eigenvalue weighted by Crippen LogP contribution is 1.96. The Morgan fingerprint density at radius 3 is 3.00 bits per heavy atom. The maximum absolute atomic E-state index is 10.2. The van der Waals surface area contributed by atoms with Crippen molar-refractivity contribution < 1.29 is 15.0 Å². The molecule has 1 unspecified atom stereocenters. The maximum Gasteiger partial charge on any atom is 0.334 e. The van der Waals surface area contributed by atoms with Crippen molar-refractivity contribution in [2.75, 3.05) is 0 Å². The van der Waals surface area contributed by atoms with Crippen LogP contribution in [0, 0.1) is 11.3 Å². The van der Waals surface area contributed by atoms with Gasteiger partial charge in [0.25, 0.3) is 0 Å². The number of aliphatic carboxylic acids is 1. The van der Waals surface area contributed by atoms with Gasteiger partial charge in [-0.1, -0.05) is 0 Å². The summed E-state index contributed by atoms with van der Waals surface area (Å²) in [6.45, 7) is -0.156. The summed E-state index contributed by atoms with van der Waals surface area (Å²) >= 11 is 0. The number of hydrogen-bond donors (Lipinski definition) is 2. The van der Waals surface area contributed by atoms with Gasteiger partial charge in [-0.25, -0.2) is 4.79 Å². The maximum atomic E-state index is 10.2. The molecule has 1 aromatic rings. The van der Waals surface area contributed by atoms with E-state index in [1.54, 1.807) is 0 Å². The van der Waals surface area contributed by atoms with E-state index in [0.717, 1.165) is 0 Å². The quantitative estimate of drug-likeness (QED) is 0.636. The van der Waals surface area contributed by atoms with Gasteiger partial charge in [-0.3, -0.25) is 4.68 Å². The van der Waals surface area contributed by atoms with E-state index in [2.05, 4.69) is 5.10 Å². The van der Waals surface area contributed by atoms with Gasteiger partial charge in [0.1, 0.15) is 6.07 Å². The Hall–Kier alpha value is -1.87. The Morgan fingerprint density at radius 1 is 1.85 bits per heavy atom. The Bertz CT molecular complexity index is 352. The molecule has 1 aromatic heterocycles. The normalized spacial score (nSPS) is 12.0. The highest BCUT2D eigenvalue weighted by Gasteiger charge is 2.13. The highest BCUT2D eigenvalue weighted by atomic mass is 16.4. The number of aromatic nitrogens is 2. The third-order valence-electron chi connectivity index (χ3n) is 1.41. The number of rotatable bonds is 3. The van der Waals surface area contributed by atoms with Gasteiger partial charge < -0.3 is 10.2 Å². The molecule has 1 atom stereocenters. The molecule has 0 fully saturated rings. The molecule has 0 amide bonds. The van der Waals surface area contributed by atoms with E-state index in [1.165, 1.54) is 17.1 Å². The molecule has 0 aliphatic heterocycles. The molecular weight excluding hydrogens is 174 g/mol. The number of carboxylic acid groups (broad SMARTS) is 1. The van der Waals surface area contributed by atoms with Crippen molar-refractivity contribution in [2.45, 2.75) is 12.6 Å². The molecule has 0 saturated carbocycles. The molecular formula is C7H7N3O3. The first-order valence-electron chi connectivity index (χ1n) is 3.47. The Labute approximate surface area is 73.6 Å². The zero-order chi connectivity index (χ0) is 9.84. The summed E-state index contributed by atoms with van der Waals surface area (Å²) < 4.78 is 1.21. The standard InChI is InChI=1S/C7H7N3O3/c8-1-5-2-9-10(3-5)4-6(11)7(12)13/h2-3,6,11H,4H2,(H,12,13). The smallest absolute Gasteiger partial charge is 0.334 e. The van der Waals surface area contributed by atoms with Gasteiger partial charge in [-0.15, -0.1) is 0 Å². The first-order chi connectivity index (χ1) is 6.13. The fourth-order valence-electron chi connectivity index (χ4n) is 0.776. The third kappa shape index (κ3) is 2.28. The second-order valence-electron chi connectivity index (χ2n) is 2.42. The molecule has 0 aromatic carbocycles. The van der Waals surface area contributed by atoms with Gasteiger partial charge in [0.15, 0.2) is 6.10 Å². The van der Waals surface area contributed by atoms with Gasteiger partial charge in [-0.05, 0) is 0 Å². The number of hydrogen-bond acceptors (Lipinski definition) is 4. The summed E-state index contributed by atoms with van der Waals surface area (Å²) in [5.74, 6) is -1.31. The van der Waals surface area contributed by atoms with E-state index in [0.29, 0.717) is 5.56 Å². The molecule has 6 nitrogen and oxygen atoms in total. The molecule has 68 valence electrons. The van der Waals surface area contributed by atoms with Crippen LogP contribution >= 0.6 is 0 Å². The Morgan fingerprint density at radius 2 is 2.54 bits per heavy atom. The summed E-state index contributed by atoms with van der Waals surface area (Å²) in [6.07, 6.45) is 1.17. The number of aliphatic hydroxyl groups excluding tert-OH is 1. The number of nitrogens with zero attached hydrogens (tertiary/aromatic N) is 3. The van der Waals surface area contributed by atoms with Crippen LogP contribution < -0.4 is 0 Å². The molecule has 6 heteroatoms. The van der Waals surface area contributed by atoms with Crippen molar-refractivity contribution in [1.29, 1.82) is 5.26 Å². The second-order valence-corrected chi connectivity index (χ2v) is 2.42. The highest BCUT2D eigenvalue weighted by molar-refractivity contribution is 5.71. The molecule has 0 saturated heterocycles. The Kier molecular flexibility index (Phi) is 2.62. The molecule has 0 bridgehead atoms. The second kappa shape index (κ2) is 3.69.